The topological polar surface area (TPSA) is 71.3 Å². The van der Waals surface area contributed by atoms with Crippen LogP contribution in [0.2, 0.25) is 0 Å². The number of carbonyl (C=O) groups excluding carboxylic acids is 2. The van der Waals surface area contributed by atoms with Gasteiger partial charge in [0.1, 0.15) is 0 Å². The van der Waals surface area contributed by atoms with Crippen molar-refractivity contribution in [3.8, 4) is 0 Å². The molecule has 6 heteroatoms. The molecular formula is C15H15BrN2O3. The molecule has 0 spiro atoms. The highest BCUT2D eigenvalue weighted by Crippen LogP contribution is 2.16. The van der Waals surface area contributed by atoms with E-state index in [9.17, 15) is 9.59 Å². The van der Waals surface area contributed by atoms with Crippen molar-refractivity contribution in [3.63, 3.8) is 0 Å². The summed E-state index contributed by atoms with van der Waals surface area (Å²) >= 11 is 3.11. The van der Waals surface area contributed by atoms with E-state index in [1.165, 1.54) is 6.07 Å². The minimum atomic E-state index is -0.434. The molecule has 0 aliphatic carbocycles. The van der Waals surface area contributed by atoms with Crippen LogP contribution in [0.5, 0.6) is 0 Å². The lowest BCUT2D eigenvalue weighted by Crippen LogP contribution is -2.32. The van der Waals surface area contributed by atoms with Gasteiger partial charge in [-0.25, -0.2) is 0 Å². The summed E-state index contributed by atoms with van der Waals surface area (Å²) in [6.07, 6.45) is 0. The van der Waals surface area contributed by atoms with Crippen LogP contribution in [-0.4, -0.2) is 18.4 Å². The van der Waals surface area contributed by atoms with Crippen LogP contribution in [0.4, 0.5) is 5.69 Å². The molecule has 2 aromatic rings. The summed E-state index contributed by atoms with van der Waals surface area (Å²) in [4.78, 5) is 23.6. The summed E-state index contributed by atoms with van der Waals surface area (Å²) in [6, 6.07) is 8.94. The highest BCUT2D eigenvalue weighted by molar-refractivity contribution is 9.10. The zero-order valence-corrected chi connectivity index (χ0v) is 13.3. The van der Waals surface area contributed by atoms with E-state index in [4.69, 9.17) is 4.42 Å². The number of halogens is 1. The SMILES string of the molecule is Cc1ccc(C)c(NC(=O)CNC(=O)c2ccc(Br)o2)c1. The third-order valence-electron chi connectivity index (χ3n) is 2.87. The van der Waals surface area contributed by atoms with Crippen LogP contribution < -0.4 is 10.6 Å². The van der Waals surface area contributed by atoms with Crippen LogP contribution in [0.15, 0.2) is 39.4 Å². The number of amides is 2. The molecule has 2 amide bonds. The van der Waals surface area contributed by atoms with Crippen molar-refractivity contribution in [2.45, 2.75) is 13.8 Å². The number of nitrogens with one attached hydrogen (secondary N) is 2. The molecule has 0 saturated carbocycles. The Balaban J connectivity index is 1.90. The number of rotatable bonds is 4. The number of anilines is 1. The number of benzene rings is 1. The molecule has 5 nitrogen and oxygen atoms in total. The largest absolute Gasteiger partial charge is 0.444 e. The van der Waals surface area contributed by atoms with E-state index in [-0.39, 0.29) is 18.2 Å². The maximum Gasteiger partial charge on any atom is 0.287 e. The maximum atomic E-state index is 11.9. The minimum absolute atomic E-state index is 0.121. The molecule has 0 atom stereocenters. The normalized spacial score (nSPS) is 10.2. The molecule has 21 heavy (non-hydrogen) atoms. The Morgan fingerprint density at radius 2 is 1.95 bits per heavy atom. The van der Waals surface area contributed by atoms with Crippen molar-refractivity contribution >= 4 is 33.4 Å². The predicted molar refractivity (Wildman–Crippen MR) is 83.3 cm³/mol. The molecular weight excluding hydrogens is 336 g/mol. The van der Waals surface area contributed by atoms with Crippen LogP contribution in [0, 0.1) is 13.8 Å². The zero-order chi connectivity index (χ0) is 15.4. The smallest absolute Gasteiger partial charge is 0.287 e. The number of hydrogen-bond donors (Lipinski definition) is 2. The van der Waals surface area contributed by atoms with Gasteiger partial charge in [0, 0.05) is 5.69 Å². The number of furan rings is 1. The molecule has 0 aliphatic heterocycles. The molecule has 0 unspecified atom stereocenters. The Bertz CT molecular complexity index is 679. The van der Waals surface area contributed by atoms with Gasteiger partial charge in [-0.3, -0.25) is 9.59 Å². The molecule has 2 N–H and O–H groups in total. The summed E-state index contributed by atoms with van der Waals surface area (Å²) in [5.74, 6) is -0.569. The highest BCUT2D eigenvalue weighted by atomic mass is 79.9. The summed E-state index contributed by atoms with van der Waals surface area (Å²) in [5, 5.41) is 5.27. The Morgan fingerprint density at radius 3 is 2.62 bits per heavy atom. The van der Waals surface area contributed by atoms with Gasteiger partial charge in [0.25, 0.3) is 5.91 Å². The predicted octanol–water partition coefficient (Wildman–Crippen LogP) is 3.03. The fourth-order valence-corrected chi connectivity index (χ4v) is 2.06. The minimum Gasteiger partial charge on any atom is -0.444 e. The lowest BCUT2D eigenvalue weighted by molar-refractivity contribution is -0.115. The van der Waals surface area contributed by atoms with Crippen molar-refractivity contribution in [2.75, 3.05) is 11.9 Å². The lowest BCUT2D eigenvalue weighted by atomic mass is 10.1. The monoisotopic (exact) mass is 350 g/mol. The van der Waals surface area contributed by atoms with Crippen molar-refractivity contribution in [1.29, 1.82) is 0 Å². The Morgan fingerprint density at radius 1 is 1.19 bits per heavy atom. The quantitative estimate of drug-likeness (QED) is 0.890. The van der Waals surface area contributed by atoms with E-state index in [1.54, 1.807) is 6.07 Å². The van der Waals surface area contributed by atoms with Crippen LogP contribution in [0.25, 0.3) is 0 Å². The summed E-state index contributed by atoms with van der Waals surface area (Å²) in [5.41, 5.74) is 2.77. The third kappa shape index (κ3) is 4.19. The second-order valence-corrected chi connectivity index (χ2v) is 5.43. The van der Waals surface area contributed by atoms with E-state index in [1.807, 2.05) is 32.0 Å². The first-order valence-corrected chi connectivity index (χ1v) is 7.15. The lowest BCUT2D eigenvalue weighted by Gasteiger charge is -2.09. The number of hydrogen-bond acceptors (Lipinski definition) is 3. The molecule has 1 aromatic carbocycles. The molecule has 110 valence electrons. The van der Waals surface area contributed by atoms with Gasteiger partial charge in [-0.15, -0.1) is 0 Å². The van der Waals surface area contributed by atoms with Gasteiger partial charge >= 0.3 is 0 Å². The fourth-order valence-electron chi connectivity index (χ4n) is 1.75. The number of carbonyl (C=O) groups is 2. The Labute approximate surface area is 130 Å². The molecule has 0 bridgehead atoms. The highest BCUT2D eigenvalue weighted by Gasteiger charge is 2.12. The van der Waals surface area contributed by atoms with Gasteiger partial charge in [-0.2, -0.15) is 0 Å². The Kier molecular flexibility index (Phi) is 4.80. The first-order chi connectivity index (χ1) is 9.95. The first-order valence-electron chi connectivity index (χ1n) is 6.36. The molecule has 0 fully saturated rings. The molecule has 0 saturated heterocycles. The molecule has 1 heterocycles. The van der Waals surface area contributed by atoms with Crippen LogP contribution in [0.3, 0.4) is 0 Å². The van der Waals surface area contributed by atoms with Crippen LogP contribution in [-0.2, 0) is 4.79 Å². The van der Waals surface area contributed by atoms with E-state index in [2.05, 4.69) is 26.6 Å². The average Bonchev–Trinajstić information content (AvgIpc) is 2.87. The van der Waals surface area contributed by atoms with Gasteiger partial charge in [0.15, 0.2) is 10.4 Å². The van der Waals surface area contributed by atoms with E-state index in [0.29, 0.717) is 4.67 Å². The van der Waals surface area contributed by atoms with Crippen molar-refractivity contribution in [1.82, 2.24) is 5.32 Å². The molecule has 2 rings (SSSR count). The second-order valence-electron chi connectivity index (χ2n) is 4.65. The second kappa shape index (κ2) is 6.58. The summed E-state index contributed by atoms with van der Waals surface area (Å²) in [7, 11) is 0. The maximum absolute atomic E-state index is 11.9. The summed E-state index contributed by atoms with van der Waals surface area (Å²) < 4.78 is 5.57. The van der Waals surface area contributed by atoms with Crippen molar-refractivity contribution < 1.29 is 14.0 Å². The van der Waals surface area contributed by atoms with E-state index < -0.39 is 5.91 Å². The molecule has 1 aromatic heterocycles. The van der Waals surface area contributed by atoms with Gasteiger partial charge in [0.2, 0.25) is 5.91 Å². The molecule has 0 aliphatic rings. The average molecular weight is 351 g/mol. The third-order valence-corrected chi connectivity index (χ3v) is 3.30. The summed E-state index contributed by atoms with van der Waals surface area (Å²) in [6.45, 7) is 3.74. The Hall–Kier alpha value is -2.08. The van der Waals surface area contributed by atoms with E-state index >= 15 is 0 Å². The van der Waals surface area contributed by atoms with Crippen LogP contribution >= 0.6 is 15.9 Å². The van der Waals surface area contributed by atoms with Crippen LogP contribution in [0.1, 0.15) is 21.7 Å². The van der Waals surface area contributed by atoms with Gasteiger partial charge in [-0.05, 0) is 59.1 Å². The van der Waals surface area contributed by atoms with E-state index in [0.717, 1.165) is 16.8 Å². The van der Waals surface area contributed by atoms with Gasteiger partial charge in [0.05, 0.1) is 6.54 Å². The first kappa shape index (κ1) is 15.3. The molecule has 0 radical (unpaired) electrons. The van der Waals surface area contributed by atoms with Crippen molar-refractivity contribution in [2.24, 2.45) is 0 Å². The standard InChI is InChI=1S/C15H15BrN2O3/c1-9-3-4-10(2)11(7-9)18-14(19)8-17-15(20)12-5-6-13(16)21-12/h3-7H,8H2,1-2H3,(H,17,20)(H,18,19). The van der Waals surface area contributed by atoms with Gasteiger partial charge in [-0.1, -0.05) is 12.1 Å². The fraction of sp³-hybridized carbons (Fsp3) is 0.200. The van der Waals surface area contributed by atoms with Crippen molar-refractivity contribution in [3.05, 3.63) is 51.9 Å². The zero-order valence-electron chi connectivity index (χ0n) is 11.7. The van der Waals surface area contributed by atoms with Gasteiger partial charge < -0.3 is 15.1 Å². The number of aryl methyl sites for hydroxylation is 2.